The fraction of sp³-hybridized carbons (Fsp3) is 0.500. The lowest BCUT2D eigenvalue weighted by atomic mass is 10.1. The van der Waals surface area contributed by atoms with E-state index in [0.29, 0.717) is 56.8 Å². The van der Waals surface area contributed by atoms with Gasteiger partial charge in [-0.3, -0.25) is 4.79 Å². The average Bonchev–Trinajstić information content (AvgIpc) is 3.05. The van der Waals surface area contributed by atoms with Gasteiger partial charge in [-0.05, 0) is 45.2 Å². The molecular weight excluding hydrogens is 394 g/mol. The quantitative estimate of drug-likeness (QED) is 0.657. The number of aryl methyl sites for hydroxylation is 2. The Kier molecular flexibility index (Phi) is 6.92. The fourth-order valence-corrected chi connectivity index (χ4v) is 5.21. The van der Waals surface area contributed by atoms with Crippen molar-refractivity contribution in [2.24, 2.45) is 0 Å². The third-order valence-electron chi connectivity index (χ3n) is 4.94. The number of carbonyl (C=O) groups excluding carboxylic acids is 1. The van der Waals surface area contributed by atoms with Gasteiger partial charge in [0.25, 0.3) is 0 Å². The largest absolute Gasteiger partial charge is 0.494 e. The van der Waals surface area contributed by atoms with E-state index in [-0.39, 0.29) is 16.8 Å². The molecule has 0 unspecified atom stereocenters. The summed E-state index contributed by atoms with van der Waals surface area (Å²) in [5, 5.41) is 6.74. The SMILES string of the molecule is Cc1noc(C)c1S(=O)(=O)N1CCC(NC(=O)CCCOc2ccccc2)CC1. The third-order valence-corrected chi connectivity index (χ3v) is 7.09. The number of hydrogen-bond donors (Lipinski definition) is 1. The second-order valence-electron chi connectivity index (χ2n) is 7.16. The maximum absolute atomic E-state index is 12.8. The van der Waals surface area contributed by atoms with Crippen LogP contribution < -0.4 is 10.1 Å². The van der Waals surface area contributed by atoms with Crippen LogP contribution in [0.1, 0.15) is 37.1 Å². The number of para-hydroxylation sites is 1. The molecule has 0 bridgehead atoms. The first kappa shape index (κ1) is 21.3. The Labute approximate surface area is 171 Å². The first-order valence-electron chi connectivity index (χ1n) is 9.78. The molecule has 9 heteroatoms. The number of nitrogens with one attached hydrogen (secondary N) is 1. The van der Waals surface area contributed by atoms with Gasteiger partial charge in [-0.1, -0.05) is 23.4 Å². The van der Waals surface area contributed by atoms with Crippen molar-refractivity contribution < 1.29 is 22.5 Å². The number of ether oxygens (including phenoxy) is 1. The van der Waals surface area contributed by atoms with Crippen molar-refractivity contribution >= 4 is 15.9 Å². The lowest BCUT2D eigenvalue weighted by molar-refractivity contribution is -0.122. The molecule has 8 nitrogen and oxygen atoms in total. The molecule has 1 saturated heterocycles. The van der Waals surface area contributed by atoms with E-state index in [0.717, 1.165) is 5.75 Å². The number of benzene rings is 1. The van der Waals surface area contributed by atoms with E-state index in [1.165, 1.54) is 4.31 Å². The zero-order valence-electron chi connectivity index (χ0n) is 16.8. The van der Waals surface area contributed by atoms with Gasteiger partial charge in [0.05, 0.1) is 6.61 Å². The third kappa shape index (κ3) is 5.36. The second-order valence-corrected chi connectivity index (χ2v) is 9.04. The van der Waals surface area contributed by atoms with Crippen molar-refractivity contribution in [1.82, 2.24) is 14.8 Å². The molecule has 1 fully saturated rings. The predicted molar refractivity (Wildman–Crippen MR) is 107 cm³/mol. The predicted octanol–water partition coefficient (Wildman–Crippen LogP) is 2.42. The highest BCUT2D eigenvalue weighted by Gasteiger charge is 2.34. The van der Waals surface area contributed by atoms with Crippen molar-refractivity contribution in [2.45, 2.75) is 50.5 Å². The Balaban J connectivity index is 1.41. The Morgan fingerprint density at radius 1 is 1.24 bits per heavy atom. The second kappa shape index (κ2) is 9.41. The van der Waals surface area contributed by atoms with Gasteiger partial charge < -0.3 is 14.6 Å². The minimum Gasteiger partial charge on any atom is -0.494 e. The fourth-order valence-electron chi connectivity index (χ4n) is 3.45. The lowest BCUT2D eigenvalue weighted by Gasteiger charge is -2.31. The molecular formula is C20H27N3O5S. The summed E-state index contributed by atoms with van der Waals surface area (Å²) >= 11 is 0. The van der Waals surface area contributed by atoms with Crippen LogP contribution in [-0.4, -0.2) is 49.5 Å². The molecule has 1 aromatic carbocycles. The molecule has 2 aromatic rings. The van der Waals surface area contributed by atoms with Crippen LogP contribution in [-0.2, 0) is 14.8 Å². The molecule has 1 amide bonds. The molecule has 0 aliphatic carbocycles. The standard InChI is InChI=1S/C20H27N3O5S/c1-15-20(16(2)28-22-15)29(25,26)23-12-10-17(11-13-23)21-19(24)9-6-14-27-18-7-4-3-5-8-18/h3-5,7-8,17H,6,9-14H2,1-2H3,(H,21,24). The maximum atomic E-state index is 12.8. The van der Waals surface area contributed by atoms with E-state index in [1.54, 1.807) is 13.8 Å². The zero-order valence-corrected chi connectivity index (χ0v) is 17.6. The minimum absolute atomic E-state index is 0.0198. The normalized spacial score (nSPS) is 15.9. The molecule has 1 N–H and O–H groups in total. The van der Waals surface area contributed by atoms with E-state index in [4.69, 9.17) is 9.26 Å². The highest BCUT2D eigenvalue weighted by Crippen LogP contribution is 2.26. The smallest absolute Gasteiger partial charge is 0.248 e. The number of carbonyl (C=O) groups is 1. The van der Waals surface area contributed by atoms with Crippen LogP contribution in [0.25, 0.3) is 0 Å². The molecule has 0 saturated carbocycles. The van der Waals surface area contributed by atoms with Crippen molar-refractivity contribution in [1.29, 1.82) is 0 Å². The molecule has 0 atom stereocenters. The first-order chi connectivity index (χ1) is 13.9. The highest BCUT2D eigenvalue weighted by atomic mass is 32.2. The summed E-state index contributed by atoms with van der Waals surface area (Å²) < 4.78 is 37.7. The Hall–Kier alpha value is -2.39. The summed E-state index contributed by atoms with van der Waals surface area (Å²) in [5.41, 5.74) is 0.371. The summed E-state index contributed by atoms with van der Waals surface area (Å²) in [6, 6.07) is 9.47. The van der Waals surface area contributed by atoms with Gasteiger partial charge in [0.2, 0.25) is 15.9 Å². The number of nitrogens with zero attached hydrogens (tertiary/aromatic N) is 2. The van der Waals surface area contributed by atoms with E-state index >= 15 is 0 Å². The Morgan fingerprint density at radius 2 is 1.93 bits per heavy atom. The van der Waals surface area contributed by atoms with Crippen molar-refractivity contribution in [3.05, 3.63) is 41.8 Å². The first-order valence-corrected chi connectivity index (χ1v) is 11.2. The van der Waals surface area contributed by atoms with Gasteiger partial charge in [-0.2, -0.15) is 4.31 Å². The molecule has 2 heterocycles. The molecule has 1 aliphatic heterocycles. The van der Waals surface area contributed by atoms with Crippen LogP contribution in [0.2, 0.25) is 0 Å². The van der Waals surface area contributed by atoms with Crippen LogP contribution in [0.4, 0.5) is 0 Å². The van der Waals surface area contributed by atoms with Gasteiger partial charge in [0, 0.05) is 25.6 Å². The number of amides is 1. The zero-order chi connectivity index (χ0) is 20.9. The monoisotopic (exact) mass is 421 g/mol. The lowest BCUT2D eigenvalue weighted by Crippen LogP contribution is -2.46. The molecule has 0 radical (unpaired) electrons. The van der Waals surface area contributed by atoms with E-state index < -0.39 is 10.0 Å². The van der Waals surface area contributed by atoms with Crippen molar-refractivity contribution in [2.75, 3.05) is 19.7 Å². The Bertz CT molecular complexity index is 899. The van der Waals surface area contributed by atoms with Crippen molar-refractivity contribution in [3.63, 3.8) is 0 Å². The molecule has 1 aromatic heterocycles. The van der Waals surface area contributed by atoms with Gasteiger partial charge in [0.15, 0.2) is 5.76 Å². The van der Waals surface area contributed by atoms with Gasteiger partial charge in [-0.15, -0.1) is 0 Å². The van der Waals surface area contributed by atoms with Gasteiger partial charge in [-0.25, -0.2) is 8.42 Å². The van der Waals surface area contributed by atoms with Gasteiger partial charge in [0.1, 0.15) is 16.3 Å². The molecule has 29 heavy (non-hydrogen) atoms. The summed E-state index contributed by atoms with van der Waals surface area (Å²) in [5.74, 6) is 1.06. The minimum atomic E-state index is -3.63. The topological polar surface area (TPSA) is 102 Å². The Morgan fingerprint density at radius 3 is 2.55 bits per heavy atom. The average molecular weight is 422 g/mol. The van der Waals surface area contributed by atoms with E-state index in [2.05, 4.69) is 10.5 Å². The number of rotatable bonds is 8. The molecule has 1 aliphatic rings. The summed E-state index contributed by atoms with van der Waals surface area (Å²) in [4.78, 5) is 12.3. The molecule has 3 rings (SSSR count). The van der Waals surface area contributed by atoms with E-state index in [1.807, 2.05) is 30.3 Å². The van der Waals surface area contributed by atoms with Crippen LogP contribution in [0, 0.1) is 13.8 Å². The summed E-state index contributed by atoms with van der Waals surface area (Å²) in [6.45, 7) is 4.41. The number of piperidine rings is 1. The summed E-state index contributed by atoms with van der Waals surface area (Å²) in [7, 11) is -3.63. The number of hydrogen-bond acceptors (Lipinski definition) is 6. The van der Waals surface area contributed by atoms with Crippen LogP contribution in [0.15, 0.2) is 39.8 Å². The van der Waals surface area contributed by atoms with Crippen LogP contribution >= 0.6 is 0 Å². The molecule has 0 spiro atoms. The van der Waals surface area contributed by atoms with Crippen molar-refractivity contribution in [3.8, 4) is 5.75 Å². The maximum Gasteiger partial charge on any atom is 0.248 e. The molecule has 158 valence electrons. The number of sulfonamides is 1. The highest BCUT2D eigenvalue weighted by molar-refractivity contribution is 7.89. The summed E-state index contributed by atoms with van der Waals surface area (Å²) in [6.07, 6.45) is 2.16. The van der Waals surface area contributed by atoms with Crippen LogP contribution in [0.3, 0.4) is 0 Å². The van der Waals surface area contributed by atoms with E-state index in [9.17, 15) is 13.2 Å². The van der Waals surface area contributed by atoms with Gasteiger partial charge >= 0.3 is 0 Å². The van der Waals surface area contributed by atoms with Crippen LogP contribution in [0.5, 0.6) is 5.75 Å². The number of aromatic nitrogens is 1.